The highest BCUT2D eigenvalue weighted by Crippen LogP contribution is 2.28. The van der Waals surface area contributed by atoms with Crippen molar-refractivity contribution in [1.29, 1.82) is 0 Å². The van der Waals surface area contributed by atoms with Crippen molar-refractivity contribution in [3.8, 4) is 11.4 Å². The third-order valence-corrected chi connectivity index (χ3v) is 5.03. The topological polar surface area (TPSA) is 47.3 Å². The van der Waals surface area contributed by atoms with Crippen LogP contribution in [-0.4, -0.2) is 14.6 Å². The molecule has 0 spiro atoms. The molecule has 0 saturated heterocycles. The normalized spacial score (nSPS) is 12.2. The van der Waals surface area contributed by atoms with Crippen LogP contribution in [0, 0.1) is 5.82 Å². The lowest BCUT2D eigenvalue weighted by Gasteiger charge is -1.98. The number of hydrogen-bond acceptors (Lipinski definition) is 4. The van der Waals surface area contributed by atoms with Gasteiger partial charge in [0.15, 0.2) is 5.82 Å². The van der Waals surface area contributed by atoms with Crippen LogP contribution in [0.3, 0.4) is 0 Å². The fourth-order valence-electron chi connectivity index (χ4n) is 2.33. The maximum absolute atomic E-state index is 13.0. The molecule has 0 aliphatic rings. The predicted molar refractivity (Wildman–Crippen MR) is 97.8 cm³/mol. The molecule has 8 heteroatoms. The van der Waals surface area contributed by atoms with Gasteiger partial charge in [0, 0.05) is 10.6 Å². The first-order valence-electron chi connectivity index (χ1n) is 7.13. The fourth-order valence-corrected chi connectivity index (χ4v) is 3.73. The van der Waals surface area contributed by atoms with Gasteiger partial charge in [-0.15, -0.1) is 5.10 Å². The van der Waals surface area contributed by atoms with Gasteiger partial charge in [0.1, 0.15) is 5.82 Å². The summed E-state index contributed by atoms with van der Waals surface area (Å²) >= 11 is 13.3. The summed E-state index contributed by atoms with van der Waals surface area (Å²) in [5.74, 6) is 0.0324. The minimum Gasteiger partial charge on any atom is -0.266 e. The van der Waals surface area contributed by atoms with Crippen LogP contribution < -0.4 is 10.1 Å². The van der Waals surface area contributed by atoms with Crippen molar-refractivity contribution in [2.45, 2.75) is 0 Å². The average Bonchev–Trinajstić information content (AvgIpc) is 3.10. The summed E-state index contributed by atoms with van der Waals surface area (Å²) in [6.07, 6.45) is 1.68. The van der Waals surface area contributed by atoms with E-state index in [9.17, 15) is 9.18 Å². The molecule has 25 heavy (non-hydrogen) atoms. The summed E-state index contributed by atoms with van der Waals surface area (Å²) in [5, 5.41) is 5.17. The average molecular weight is 392 g/mol. The molecule has 4 nitrogen and oxygen atoms in total. The van der Waals surface area contributed by atoms with E-state index in [-0.39, 0.29) is 11.4 Å². The van der Waals surface area contributed by atoms with Crippen LogP contribution in [-0.2, 0) is 0 Å². The minimum absolute atomic E-state index is 0.284. The van der Waals surface area contributed by atoms with Crippen LogP contribution in [0.1, 0.15) is 5.56 Å². The van der Waals surface area contributed by atoms with Crippen molar-refractivity contribution in [1.82, 2.24) is 14.6 Å². The van der Waals surface area contributed by atoms with Crippen molar-refractivity contribution in [3.05, 3.63) is 78.8 Å². The quantitative estimate of drug-likeness (QED) is 0.521. The standard InChI is InChI=1S/C17H8Cl2FN3OS/c18-10-3-6-12(13(19)8-10)15-21-17-23(22-15)16(24)14(25-17)7-9-1-4-11(20)5-2-9/h1-8H/b14-7+. The molecule has 0 unspecified atom stereocenters. The van der Waals surface area contributed by atoms with Crippen LogP contribution in [0.2, 0.25) is 10.0 Å². The van der Waals surface area contributed by atoms with E-state index in [4.69, 9.17) is 23.2 Å². The molecule has 0 saturated carbocycles. The Morgan fingerprint density at radius 2 is 1.88 bits per heavy atom. The Morgan fingerprint density at radius 3 is 2.56 bits per heavy atom. The van der Waals surface area contributed by atoms with Gasteiger partial charge in [0.05, 0.1) is 9.55 Å². The molecule has 0 amide bonds. The number of nitrogens with zero attached hydrogens (tertiary/aromatic N) is 3. The number of fused-ring (bicyclic) bond motifs is 1. The third-order valence-electron chi connectivity index (χ3n) is 3.52. The first-order valence-corrected chi connectivity index (χ1v) is 8.71. The van der Waals surface area contributed by atoms with Crippen molar-refractivity contribution in [2.75, 3.05) is 0 Å². The summed E-state index contributed by atoms with van der Waals surface area (Å²) in [6.45, 7) is 0. The molecule has 124 valence electrons. The largest absolute Gasteiger partial charge is 0.291 e. The zero-order valence-corrected chi connectivity index (χ0v) is 14.7. The van der Waals surface area contributed by atoms with Crippen LogP contribution >= 0.6 is 34.5 Å². The molecule has 0 N–H and O–H groups in total. The zero-order chi connectivity index (χ0) is 17.6. The molecule has 0 fully saturated rings. The third kappa shape index (κ3) is 3.04. The molecule has 2 aromatic carbocycles. The molecule has 4 aromatic rings. The number of rotatable bonds is 2. The SMILES string of the molecule is O=c1/c(=C\c2ccc(F)cc2)sc2nc(-c3ccc(Cl)cc3Cl)nn12. The summed E-state index contributed by atoms with van der Waals surface area (Å²) in [6, 6.07) is 10.9. The minimum atomic E-state index is -0.327. The zero-order valence-electron chi connectivity index (χ0n) is 12.4. The van der Waals surface area contributed by atoms with E-state index in [0.717, 1.165) is 5.56 Å². The highest BCUT2D eigenvalue weighted by atomic mass is 35.5. The lowest BCUT2D eigenvalue weighted by molar-refractivity contribution is 0.628. The molecule has 2 heterocycles. The van der Waals surface area contributed by atoms with Crippen molar-refractivity contribution >= 4 is 45.6 Å². The Bertz CT molecular complexity index is 1200. The van der Waals surface area contributed by atoms with Crippen molar-refractivity contribution in [3.63, 3.8) is 0 Å². The van der Waals surface area contributed by atoms with E-state index in [0.29, 0.717) is 30.9 Å². The molecule has 2 aromatic heterocycles. The van der Waals surface area contributed by atoms with Crippen LogP contribution in [0.15, 0.2) is 47.3 Å². The summed E-state index contributed by atoms with van der Waals surface area (Å²) < 4.78 is 14.7. The van der Waals surface area contributed by atoms with Gasteiger partial charge in [-0.25, -0.2) is 4.39 Å². The van der Waals surface area contributed by atoms with Gasteiger partial charge in [-0.05, 0) is 42.0 Å². The van der Waals surface area contributed by atoms with Gasteiger partial charge in [-0.2, -0.15) is 9.50 Å². The maximum Gasteiger partial charge on any atom is 0.291 e. The highest BCUT2D eigenvalue weighted by Gasteiger charge is 2.14. The second-order valence-corrected chi connectivity index (χ2v) is 7.07. The molecule has 0 radical (unpaired) electrons. The molecular formula is C17H8Cl2FN3OS. The van der Waals surface area contributed by atoms with Gasteiger partial charge < -0.3 is 0 Å². The summed E-state index contributed by atoms with van der Waals surface area (Å²) in [7, 11) is 0. The van der Waals surface area contributed by atoms with Crippen molar-refractivity contribution < 1.29 is 4.39 Å². The smallest absolute Gasteiger partial charge is 0.266 e. The Labute approximate surface area is 154 Å². The van der Waals surface area contributed by atoms with Crippen LogP contribution in [0.5, 0.6) is 0 Å². The Morgan fingerprint density at radius 1 is 1.12 bits per heavy atom. The summed E-state index contributed by atoms with van der Waals surface area (Å²) in [5.41, 5.74) is 1.04. The van der Waals surface area contributed by atoms with E-state index in [2.05, 4.69) is 10.1 Å². The van der Waals surface area contributed by atoms with Gasteiger partial charge in [-0.1, -0.05) is 46.7 Å². The Balaban J connectivity index is 1.82. The maximum atomic E-state index is 13.0. The number of aromatic nitrogens is 3. The monoisotopic (exact) mass is 391 g/mol. The van der Waals surface area contributed by atoms with Crippen molar-refractivity contribution in [2.24, 2.45) is 0 Å². The molecule has 4 rings (SSSR count). The van der Waals surface area contributed by atoms with Gasteiger partial charge in [0.2, 0.25) is 4.96 Å². The fraction of sp³-hybridized carbons (Fsp3) is 0. The molecule has 0 aliphatic carbocycles. The molecule has 0 aliphatic heterocycles. The number of benzene rings is 2. The number of hydrogen-bond donors (Lipinski definition) is 0. The van der Waals surface area contributed by atoms with Gasteiger partial charge in [0.25, 0.3) is 5.56 Å². The van der Waals surface area contributed by atoms with E-state index in [1.165, 1.54) is 28.0 Å². The van der Waals surface area contributed by atoms with E-state index >= 15 is 0 Å². The number of halogens is 3. The molecule has 0 atom stereocenters. The van der Waals surface area contributed by atoms with E-state index < -0.39 is 0 Å². The van der Waals surface area contributed by atoms with E-state index in [1.807, 2.05) is 0 Å². The lowest BCUT2D eigenvalue weighted by atomic mass is 10.2. The molecule has 0 bridgehead atoms. The van der Waals surface area contributed by atoms with Crippen LogP contribution in [0.25, 0.3) is 22.4 Å². The first-order chi connectivity index (χ1) is 12.0. The second kappa shape index (κ2) is 6.22. The Hall–Kier alpha value is -2.28. The number of thiazole rings is 1. The second-order valence-electron chi connectivity index (χ2n) is 5.22. The molecular weight excluding hydrogens is 384 g/mol. The lowest BCUT2D eigenvalue weighted by Crippen LogP contribution is -2.23. The van der Waals surface area contributed by atoms with E-state index in [1.54, 1.807) is 36.4 Å². The van der Waals surface area contributed by atoms with Gasteiger partial charge in [-0.3, -0.25) is 4.79 Å². The Kier molecular flexibility index (Phi) is 4.03. The predicted octanol–water partition coefficient (Wildman–Crippen LogP) is 3.81. The van der Waals surface area contributed by atoms with Gasteiger partial charge >= 0.3 is 0 Å². The first kappa shape index (κ1) is 16.2. The summed E-state index contributed by atoms with van der Waals surface area (Å²) in [4.78, 5) is 17.3. The highest BCUT2D eigenvalue weighted by molar-refractivity contribution is 7.15. The van der Waals surface area contributed by atoms with Crippen LogP contribution in [0.4, 0.5) is 4.39 Å².